The third kappa shape index (κ3) is 5.85. The molecule has 2 unspecified atom stereocenters. The van der Waals surface area contributed by atoms with Crippen LogP contribution < -0.4 is 0 Å². The van der Waals surface area contributed by atoms with E-state index in [2.05, 4.69) is 13.8 Å². The molecule has 0 aromatic carbocycles. The van der Waals surface area contributed by atoms with Crippen LogP contribution in [0.15, 0.2) is 0 Å². The van der Waals surface area contributed by atoms with Crippen molar-refractivity contribution in [1.82, 2.24) is 4.90 Å². The molecule has 5 heteroatoms. The van der Waals surface area contributed by atoms with Gasteiger partial charge in [-0.2, -0.15) is 0 Å². The molecule has 128 valence electrons. The topological polar surface area (TPSA) is 66.8 Å². The van der Waals surface area contributed by atoms with Crippen LogP contribution in [0.5, 0.6) is 0 Å². The molecule has 1 fully saturated rings. The van der Waals surface area contributed by atoms with Gasteiger partial charge < -0.3 is 14.7 Å². The van der Waals surface area contributed by atoms with E-state index in [1.165, 1.54) is 0 Å². The van der Waals surface area contributed by atoms with Gasteiger partial charge in [-0.3, -0.25) is 4.79 Å². The van der Waals surface area contributed by atoms with Crippen molar-refractivity contribution >= 4 is 12.1 Å². The van der Waals surface area contributed by atoms with Crippen LogP contribution in [0, 0.1) is 11.3 Å². The Kier molecular flexibility index (Phi) is 5.88. The van der Waals surface area contributed by atoms with E-state index in [1.54, 1.807) is 6.92 Å². The fourth-order valence-corrected chi connectivity index (χ4v) is 2.78. The third-order valence-electron chi connectivity index (χ3n) is 4.18. The Morgan fingerprint density at radius 2 is 1.95 bits per heavy atom. The number of piperidine rings is 1. The van der Waals surface area contributed by atoms with Crippen molar-refractivity contribution in [3.05, 3.63) is 0 Å². The molecular weight excluding hydrogens is 282 g/mol. The van der Waals surface area contributed by atoms with E-state index in [1.807, 2.05) is 25.7 Å². The Bertz CT molecular complexity index is 411. The number of aliphatic carboxylic acids is 1. The van der Waals surface area contributed by atoms with E-state index < -0.39 is 11.6 Å². The van der Waals surface area contributed by atoms with E-state index in [4.69, 9.17) is 9.84 Å². The van der Waals surface area contributed by atoms with Crippen LogP contribution in [0.25, 0.3) is 0 Å². The summed E-state index contributed by atoms with van der Waals surface area (Å²) >= 11 is 0. The number of carbonyl (C=O) groups excluding carboxylic acids is 1. The first-order chi connectivity index (χ1) is 9.91. The van der Waals surface area contributed by atoms with Crippen LogP contribution in [0.3, 0.4) is 0 Å². The van der Waals surface area contributed by atoms with Gasteiger partial charge in [0, 0.05) is 12.6 Å². The Hall–Kier alpha value is -1.26. The number of hydrogen-bond donors (Lipinski definition) is 1. The summed E-state index contributed by atoms with van der Waals surface area (Å²) in [7, 11) is 0. The van der Waals surface area contributed by atoms with E-state index >= 15 is 0 Å². The van der Waals surface area contributed by atoms with Crippen LogP contribution in [0.1, 0.15) is 67.2 Å². The minimum atomic E-state index is -0.778. The highest BCUT2D eigenvalue weighted by molar-refractivity contribution is 5.70. The van der Waals surface area contributed by atoms with Crippen LogP contribution in [0.4, 0.5) is 4.79 Å². The molecule has 0 aromatic heterocycles. The highest BCUT2D eigenvalue weighted by Crippen LogP contribution is 2.34. The van der Waals surface area contributed by atoms with Crippen LogP contribution in [0.2, 0.25) is 0 Å². The normalized spacial score (nSPS) is 23.0. The lowest BCUT2D eigenvalue weighted by atomic mass is 9.80. The SMILES string of the molecule is CC(CCC1CCC(C)(C)CN1C(=O)OC(C)(C)C)C(=O)O. The lowest BCUT2D eigenvalue weighted by Crippen LogP contribution is -2.51. The van der Waals surface area contributed by atoms with Crippen LogP contribution in [-0.4, -0.2) is 40.3 Å². The maximum Gasteiger partial charge on any atom is 0.410 e. The number of carboxylic acid groups (broad SMARTS) is 1. The monoisotopic (exact) mass is 313 g/mol. The number of nitrogens with zero attached hydrogens (tertiary/aromatic N) is 1. The van der Waals surface area contributed by atoms with Gasteiger partial charge in [0.2, 0.25) is 0 Å². The zero-order valence-corrected chi connectivity index (χ0v) is 14.8. The maximum absolute atomic E-state index is 12.5. The quantitative estimate of drug-likeness (QED) is 0.854. The average Bonchev–Trinajstić information content (AvgIpc) is 2.33. The molecule has 0 aromatic rings. The number of amides is 1. The summed E-state index contributed by atoms with van der Waals surface area (Å²) in [5.74, 6) is -1.16. The van der Waals surface area contributed by atoms with Gasteiger partial charge in [-0.15, -0.1) is 0 Å². The Balaban J connectivity index is 2.75. The highest BCUT2D eigenvalue weighted by atomic mass is 16.6. The van der Waals surface area contributed by atoms with E-state index in [9.17, 15) is 9.59 Å². The number of hydrogen-bond acceptors (Lipinski definition) is 3. The number of ether oxygens (including phenoxy) is 1. The smallest absolute Gasteiger partial charge is 0.410 e. The largest absolute Gasteiger partial charge is 0.481 e. The van der Waals surface area contributed by atoms with Gasteiger partial charge in [0.15, 0.2) is 0 Å². The first-order valence-electron chi connectivity index (χ1n) is 8.14. The molecule has 0 bridgehead atoms. The van der Waals surface area contributed by atoms with Gasteiger partial charge in [-0.25, -0.2) is 4.79 Å². The molecule has 1 aliphatic heterocycles. The minimum absolute atomic E-state index is 0.0738. The van der Waals surface area contributed by atoms with Crippen molar-refractivity contribution in [3.63, 3.8) is 0 Å². The van der Waals surface area contributed by atoms with Crippen molar-refractivity contribution in [1.29, 1.82) is 0 Å². The van der Waals surface area contributed by atoms with Gasteiger partial charge >= 0.3 is 12.1 Å². The third-order valence-corrected chi connectivity index (χ3v) is 4.18. The summed E-state index contributed by atoms with van der Waals surface area (Å²) < 4.78 is 5.53. The van der Waals surface area contributed by atoms with Crippen molar-refractivity contribution in [2.75, 3.05) is 6.54 Å². The summed E-state index contributed by atoms with van der Waals surface area (Å²) in [5, 5.41) is 9.02. The molecule has 0 aliphatic carbocycles. The summed E-state index contributed by atoms with van der Waals surface area (Å²) in [6.07, 6.45) is 2.95. The molecular formula is C17H31NO4. The molecule has 0 saturated carbocycles. The van der Waals surface area contributed by atoms with Crippen molar-refractivity contribution in [3.8, 4) is 0 Å². The highest BCUT2D eigenvalue weighted by Gasteiger charge is 2.37. The number of carbonyl (C=O) groups is 2. The molecule has 0 spiro atoms. The predicted molar refractivity (Wildman–Crippen MR) is 85.8 cm³/mol. The lowest BCUT2D eigenvalue weighted by Gasteiger charge is -2.44. The molecule has 1 amide bonds. The molecule has 22 heavy (non-hydrogen) atoms. The molecule has 1 rings (SSSR count). The zero-order valence-electron chi connectivity index (χ0n) is 14.8. The molecule has 1 heterocycles. The van der Waals surface area contributed by atoms with Crippen molar-refractivity contribution in [2.24, 2.45) is 11.3 Å². The molecule has 1 aliphatic rings. The summed E-state index contributed by atoms with van der Waals surface area (Å²) in [4.78, 5) is 25.3. The summed E-state index contributed by atoms with van der Waals surface area (Å²) in [6, 6.07) is 0.0738. The van der Waals surface area contributed by atoms with Gasteiger partial charge in [0.25, 0.3) is 0 Å². The van der Waals surface area contributed by atoms with E-state index in [-0.39, 0.29) is 23.5 Å². The molecule has 5 nitrogen and oxygen atoms in total. The van der Waals surface area contributed by atoms with Crippen molar-refractivity contribution in [2.45, 2.75) is 78.9 Å². The van der Waals surface area contributed by atoms with Crippen LogP contribution in [-0.2, 0) is 9.53 Å². The Morgan fingerprint density at radius 3 is 2.45 bits per heavy atom. The number of rotatable bonds is 4. The van der Waals surface area contributed by atoms with Gasteiger partial charge in [-0.1, -0.05) is 20.8 Å². The van der Waals surface area contributed by atoms with Gasteiger partial charge in [-0.05, 0) is 51.9 Å². The Labute approximate surface area is 134 Å². The second-order valence-corrected chi connectivity index (χ2v) is 8.28. The maximum atomic E-state index is 12.5. The second-order valence-electron chi connectivity index (χ2n) is 8.28. The molecule has 1 N–H and O–H groups in total. The first kappa shape index (κ1) is 18.8. The van der Waals surface area contributed by atoms with E-state index in [0.717, 1.165) is 12.8 Å². The van der Waals surface area contributed by atoms with Crippen LogP contribution >= 0.6 is 0 Å². The van der Waals surface area contributed by atoms with Crippen molar-refractivity contribution < 1.29 is 19.4 Å². The second kappa shape index (κ2) is 6.88. The number of likely N-dealkylation sites (tertiary alicyclic amines) is 1. The molecule has 2 atom stereocenters. The standard InChI is InChI=1S/C17H31NO4/c1-12(14(19)20)7-8-13-9-10-17(5,6)11-18(13)15(21)22-16(2,3)4/h12-13H,7-11H2,1-6H3,(H,19,20). The van der Waals surface area contributed by atoms with Gasteiger partial charge in [0.1, 0.15) is 5.60 Å². The number of carboxylic acids is 1. The molecule has 1 saturated heterocycles. The summed E-state index contributed by atoms with van der Waals surface area (Å²) in [6.45, 7) is 12.3. The average molecular weight is 313 g/mol. The lowest BCUT2D eigenvalue weighted by molar-refractivity contribution is -0.141. The fourth-order valence-electron chi connectivity index (χ4n) is 2.78. The fraction of sp³-hybridized carbons (Fsp3) is 0.882. The Morgan fingerprint density at radius 1 is 1.36 bits per heavy atom. The van der Waals surface area contributed by atoms with E-state index in [0.29, 0.717) is 19.4 Å². The molecule has 0 radical (unpaired) electrons. The first-order valence-corrected chi connectivity index (χ1v) is 8.14. The summed E-state index contributed by atoms with van der Waals surface area (Å²) in [5.41, 5.74) is -0.441. The minimum Gasteiger partial charge on any atom is -0.481 e. The zero-order chi connectivity index (χ0) is 17.1. The predicted octanol–water partition coefficient (Wildman–Crippen LogP) is 3.91. The van der Waals surface area contributed by atoms with Gasteiger partial charge in [0.05, 0.1) is 5.92 Å².